The number of hydrogen-bond acceptors (Lipinski definition) is 2. The minimum Gasteiger partial charge on any atom is -0.298 e. The number of halogens is 4. The van der Waals surface area contributed by atoms with Gasteiger partial charge in [0.2, 0.25) is 0 Å². The van der Waals surface area contributed by atoms with Crippen molar-refractivity contribution in [1.29, 1.82) is 0 Å². The third-order valence-corrected chi connectivity index (χ3v) is 6.34. The highest BCUT2D eigenvalue weighted by atomic mass is 35.5. The number of benzene rings is 2. The Morgan fingerprint density at radius 3 is 1.77 bits per heavy atom. The second kappa shape index (κ2) is 15.3. The molecule has 0 N–H and O–H groups in total. The van der Waals surface area contributed by atoms with Gasteiger partial charge in [0.1, 0.15) is 0 Å². The van der Waals surface area contributed by atoms with Crippen molar-refractivity contribution in [3.8, 4) is 0 Å². The number of rotatable bonds is 5. The summed E-state index contributed by atoms with van der Waals surface area (Å²) in [6, 6.07) is 23.5. The van der Waals surface area contributed by atoms with Crippen LogP contribution in [-0.4, -0.2) is 42.0 Å². The van der Waals surface area contributed by atoms with E-state index in [1.54, 1.807) is 0 Å². The lowest BCUT2D eigenvalue weighted by atomic mass is 9.93. The lowest BCUT2D eigenvalue weighted by Crippen LogP contribution is -2.51. The zero-order valence-corrected chi connectivity index (χ0v) is 20.8. The molecule has 1 saturated heterocycles. The minimum absolute atomic E-state index is 0. The highest BCUT2D eigenvalue weighted by Crippen LogP contribution is 2.29. The summed E-state index contributed by atoms with van der Waals surface area (Å²) in [5.74, 6) is 0. The molecule has 1 aliphatic carbocycles. The SMILES string of the molecule is Cl.Cl.Cl.Cl.c1ccc(CC(c2ccccc2)N2CCN(C3CCCCC3)CC2)cc1. The molecular weight excluding hydrogens is 458 g/mol. The van der Waals surface area contributed by atoms with E-state index in [0.29, 0.717) is 6.04 Å². The molecule has 4 rings (SSSR count). The standard InChI is InChI=1S/C24H32N2.4ClH/c1-4-10-21(11-5-1)20-24(22-12-6-2-7-13-22)26-18-16-25(17-19-26)23-14-8-3-9-15-23;;;;/h1-2,4-7,10-13,23-24H,3,8-9,14-20H2;4*1H. The molecule has 1 heterocycles. The largest absolute Gasteiger partial charge is 0.298 e. The van der Waals surface area contributed by atoms with E-state index in [9.17, 15) is 0 Å². The highest BCUT2D eigenvalue weighted by molar-refractivity contribution is 5.86. The Hall–Kier alpha value is -0.480. The van der Waals surface area contributed by atoms with E-state index in [4.69, 9.17) is 0 Å². The van der Waals surface area contributed by atoms with Crippen LogP contribution in [0.5, 0.6) is 0 Å². The van der Waals surface area contributed by atoms with Crippen LogP contribution in [0.3, 0.4) is 0 Å². The van der Waals surface area contributed by atoms with Gasteiger partial charge >= 0.3 is 0 Å². The van der Waals surface area contributed by atoms with Gasteiger partial charge in [-0.15, -0.1) is 49.6 Å². The molecular formula is C24H36Cl4N2. The van der Waals surface area contributed by atoms with Crippen LogP contribution in [0, 0.1) is 0 Å². The smallest absolute Gasteiger partial charge is 0.0389 e. The summed E-state index contributed by atoms with van der Waals surface area (Å²) in [7, 11) is 0. The lowest BCUT2D eigenvalue weighted by molar-refractivity contribution is 0.0559. The molecule has 1 atom stereocenters. The topological polar surface area (TPSA) is 6.48 Å². The molecule has 170 valence electrons. The molecule has 2 aromatic rings. The fraction of sp³-hybridized carbons (Fsp3) is 0.500. The zero-order chi connectivity index (χ0) is 17.6. The molecule has 0 bridgehead atoms. The van der Waals surface area contributed by atoms with Crippen LogP contribution in [0.2, 0.25) is 0 Å². The van der Waals surface area contributed by atoms with E-state index < -0.39 is 0 Å². The molecule has 6 heteroatoms. The second-order valence-corrected chi connectivity index (χ2v) is 7.98. The van der Waals surface area contributed by atoms with Gasteiger partial charge in [0.25, 0.3) is 0 Å². The highest BCUT2D eigenvalue weighted by Gasteiger charge is 2.29. The van der Waals surface area contributed by atoms with E-state index in [1.165, 1.54) is 69.4 Å². The number of nitrogens with zero attached hydrogens (tertiary/aromatic N) is 2. The van der Waals surface area contributed by atoms with E-state index in [-0.39, 0.29) is 49.6 Å². The zero-order valence-electron chi connectivity index (χ0n) is 17.5. The maximum Gasteiger partial charge on any atom is 0.0389 e. The van der Waals surface area contributed by atoms with Crippen LogP contribution >= 0.6 is 49.6 Å². The fourth-order valence-electron chi connectivity index (χ4n) is 4.83. The Balaban J connectivity index is 0.00000210. The molecule has 2 aliphatic rings. The summed E-state index contributed by atoms with van der Waals surface area (Å²) >= 11 is 0. The molecule has 1 saturated carbocycles. The van der Waals surface area contributed by atoms with Gasteiger partial charge in [-0.05, 0) is 30.4 Å². The van der Waals surface area contributed by atoms with Crippen LogP contribution in [0.15, 0.2) is 60.7 Å². The van der Waals surface area contributed by atoms with Crippen molar-refractivity contribution in [2.24, 2.45) is 0 Å². The Morgan fingerprint density at radius 1 is 0.667 bits per heavy atom. The molecule has 2 fully saturated rings. The molecule has 0 spiro atoms. The third-order valence-electron chi connectivity index (χ3n) is 6.34. The summed E-state index contributed by atoms with van der Waals surface area (Å²) in [5.41, 5.74) is 2.90. The first-order chi connectivity index (χ1) is 12.9. The maximum atomic E-state index is 2.78. The second-order valence-electron chi connectivity index (χ2n) is 7.98. The Labute approximate surface area is 207 Å². The minimum atomic E-state index is 0. The van der Waals surface area contributed by atoms with Crippen molar-refractivity contribution in [2.45, 2.75) is 50.6 Å². The van der Waals surface area contributed by atoms with Gasteiger partial charge in [0.05, 0.1) is 0 Å². The molecule has 0 amide bonds. The van der Waals surface area contributed by atoms with Crippen molar-refractivity contribution in [3.63, 3.8) is 0 Å². The molecule has 30 heavy (non-hydrogen) atoms. The summed E-state index contributed by atoms with van der Waals surface area (Å²) in [4.78, 5) is 5.50. The van der Waals surface area contributed by atoms with Crippen LogP contribution in [0.25, 0.3) is 0 Å². The quantitative estimate of drug-likeness (QED) is 0.462. The normalized spacial score (nSPS) is 18.7. The van der Waals surface area contributed by atoms with Crippen molar-refractivity contribution >= 4 is 49.6 Å². The number of hydrogen-bond donors (Lipinski definition) is 0. The van der Waals surface area contributed by atoms with Gasteiger partial charge in [0, 0.05) is 38.3 Å². The molecule has 2 aromatic carbocycles. The third kappa shape index (κ3) is 7.89. The average molecular weight is 494 g/mol. The Bertz CT molecular complexity index is 657. The van der Waals surface area contributed by atoms with Crippen molar-refractivity contribution in [2.75, 3.05) is 26.2 Å². The lowest BCUT2D eigenvalue weighted by Gasteiger charge is -2.43. The van der Waals surface area contributed by atoms with Crippen molar-refractivity contribution in [1.82, 2.24) is 9.80 Å². The monoisotopic (exact) mass is 492 g/mol. The first kappa shape index (κ1) is 29.5. The Morgan fingerprint density at radius 2 is 1.20 bits per heavy atom. The van der Waals surface area contributed by atoms with Gasteiger partial charge in [-0.2, -0.15) is 0 Å². The number of piperazine rings is 1. The fourth-order valence-corrected chi connectivity index (χ4v) is 4.83. The molecule has 0 aromatic heterocycles. The summed E-state index contributed by atoms with van der Waals surface area (Å²) in [5, 5.41) is 0. The van der Waals surface area contributed by atoms with Gasteiger partial charge in [0.15, 0.2) is 0 Å². The molecule has 1 unspecified atom stereocenters. The predicted molar refractivity (Wildman–Crippen MR) is 138 cm³/mol. The summed E-state index contributed by atoms with van der Waals surface area (Å²) < 4.78 is 0. The summed E-state index contributed by atoms with van der Waals surface area (Å²) in [6.07, 6.45) is 8.27. The van der Waals surface area contributed by atoms with Gasteiger partial charge in [-0.1, -0.05) is 79.9 Å². The van der Waals surface area contributed by atoms with Gasteiger partial charge < -0.3 is 0 Å². The van der Waals surface area contributed by atoms with Gasteiger partial charge in [-0.3, -0.25) is 9.80 Å². The Kier molecular flexibility index (Phi) is 15.1. The van der Waals surface area contributed by atoms with Crippen molar-refractivity contribution < 1.29 is 0 Å². The molecule has 0 radical (unpaired) electrons. The van der Waals surface area contributed by atoms with Crippen LogP contribution < -0.4 is 0 Å². The molecule has 2 nitrogen and oxygen atoms in total. The van der Waals surface area contributed by atoms with Crippen LogP contribution in [-0.2, 0) is 6.42 Å². The van der Waals surface area contributed by atoms with Crippen LogP contribution in [0.1, 0.15) is 49.3 Å². The van der Waals surface area contributed by atoms with Crippen LogP contribution in [0.4, 0.5) is 0 Å². The molecule has 1 aliphatic heterocycles. The van der Waals surface area contributed by atoms with E-state index in [0.717, 1.165) is 12.5 Å². The predicted octanol–water partition coefficient (Wildman–Crippen LogP) is 6.61. The first-order valence-electron chi connectivity index (χ1n) is 10.5. The van der Waals surface area contributed by atoms with Gasteiger partial charge in [-0.25, -0.2) is 0 Å². The van der Waals surface area contributed by atoms with E-state index in [2.05, 4.69) is 70.5 Å². The van der Waals surface area contributed by atoms with Crippen molar-refractivity contribution in [3.05, 3.63) is 71.8 Å². The van der Waals surface area contributed by atoms with E-state index >= 15 is 0 Å². The summed E-state index contributed by atoms with van der Waals surface area (Å²) in [6.45, 7) is 4.87. The van der Waals surface area contributed by atoms with E-state index in [1.807, 2.05) is 0 Å². The average Bonchev–Trinajstić information content (AvgIpc) is 2.74. The first-order valence-corrected chi connectivity index (χ1v) is 10.5. The maximum absolute atomic E-state index is 2.78.